The fourth-order valence-corrected chi connectivity index (χ4v) is 2.71. The van der Waals surface area contributed by atoms with Gasteiger partial charge in [0.15, 0.2) is 6.61 Å². The Morgan fingerprint density at radius 3 is 2.41 bits per heavy atom. The van der Waals surface area contributed by atoms with Gasteiger partial charge in [0.05, 0.1) is 4.34 Å². The van der Waals surface area contributed by atoms with E-state index in [0.29, 0.717) is 20.8 Å². The number of carbonyl (C=O) groups excluding carboxylic acids is 2. The minimum Gasteiger partial charge on any atom is -0.451 e. The molecule has 116 valence electrons. The zero-order valence-electron chi connectivity index (χ0n) is 12.3. The number of hydrogen-bond acceptors (Lipinski definition) is 4. The smallest absolute Gasteiger partial charge is 0.348 e. The van der Waals surface area contributed by atoms with Gasteiger partial charge in [-0.1, -0.05) is 37.6 Å². The highest BCUT2D eigenvalue weighted by Gasteiger charge is 2.12. The van der Waals surface area contributed by atoms with Gasteiger partial charge in [-0.25, -0.2) is 4.79 Å². The Morgan fingerprint density at radius 1 is 1.18 bits per heavy atom. The Balaban J connectivity index is 1.84. The van der Waals surface area contributed by atoms with E-state index in [4.69, 9.17) is 16.3 Å². The molecule has 0 aliphatic heterocycles. The van der Waals surface area contributed by atoms with Gasteiger partial charge in [-0.2, -0.15) is 0 Å². The number of halogens is 1. The van der Waals surface area contributed by atoms with Crippen LogP contribution in [0.3, 0.4) is 0 Å². The first-order valence-electron chi connectivity index (χ1n) is 6.78. The molecule has 1 N–H and O–H groups in total. The van der Waals surface area contributed by atoms with Gasteiger partial charge in [0.1, 0.15) is 4.88 Å². The predicted octanol–water partition coefficient (Wildman–Crippen LogP) is 4.32. The fraction of sp³-hybridized carbons (Fsp3) is 0.250. The molecule has 1 heterocycles. The van der Waals surface area contributed by atoms with Crippen LogP contribution in [0.5, 0.6) is 0 Å². The van der Waals surface area contributed by atoms with Gasteiger partial charge in [-0.3, -0.25) is 4.79 Å². The molecule has 0 saturated heterocycles. The molecule has 2 rings (SSSR count). The Labute approximate surface area is 138 Å². The molecule has 0 atom stereocenters. The van der Waals surface area contributed by atoms with Crippen LogP contribution in [0.25, 0.3) is 0 Å². The van der Waals surface area contributed by atoms with Gasteiger partial charge in [-0.05, 0) is 35.7 Å². The molecule has 0 unspecified atom stereocenters. The third-order valence-corrected chi connectivity index (χ3v) is 4.18. The maximum absolute atomic E-state index is 11.8. The van der Waals surface area contributed by atoms with Crippen molar-refractivity contribution in [3.8, 4) is 0 Å². The van der Waals surface area contributed by atoms with E-state index >= 15 is 0 Å². The Hall–Kier alpha value is -1.85. The number of esters is 1. The maximum Gasteiger partial charge on any atom is 0.348 e. The number of ether oxygens (including phenoxy) is 1. The van der Waals surface area contributed by atoms with Crippen LogP contribution in [-0.4, -0.2) is 18.5 Å². The van der Waals surface area contributed by atoms with Crippen molar-refractivity contribution in [2.75, 3.05) is 11.9 Å². The molecule has 0 aliphatic rings. The Morgan fingerprint density at radius 2 is 1.86 bits per heavy atom. The van der Waals surface area contributed by atoms with Crippen molar-refractivity contribution >= 4 is 40.5 Å². The normalized spacial score (nSPS) is 10.5. The maximum atomic E-state index is 11.8. The molecule has 22 heavy (non-hydrogen) atoms. The van der Waals surface area contributed by atoms with Gasteiger partial charge in [0.2, 0.25) is 0 Å². The molecule has 0 saturated carbocycles. The van der Waals surface area contributed by atoms with Crippen molar-refractivity contribution < 1.29 is 14.3 Å². The second-order valence-corrected chi connectivity index (χ2v) is 6.72. The fourth-order valence-electron chi connectivity index (χ4n) is 1.77. The van der Waals surface area contributed by atoms with Crippen molar-refractivity contribution in [2.45, 2.75) is 19.8 Å². The zero-order valence-corrected chi connectivity index (χ0v) is 13.8. The first kappa shape index (κ1) is 16.5. The number of rotatable bonds is 5. The number of benzene rings is 1. The van der Waals surface area contributed by atoms with E-state index in [2.05, 4.69) is 19.2 Å². The molecule has 0 fully saturated rings. The number of amides is 1. The van der Waals surface area contributed by atoms with Gasteiger partial charge in [0, 0.05) is 5.69 Å². The van der Waals surface area contributed by atoms with Crippen molar-refractivity contribution in [2.24, 2.45) is 0 Å². The zero-order chi connectivity index (χ0) is 16.1. The minimum atomic E-state index is -0.554. The van der Waals surface area contributed by atoms with E-state index in [9.17, 15) is 9.59 Å². The Kier molecular flexibility index (Phi) is 5.57. The molecule has 4 nitrogen and oxygen atoms in total. The predicted molar refractivity (Wildman–Crippen MR) is 88.8 cm³/mol. The van der Waals surface area contributed by atoms with Crippen LogP contribution in [0.1, 0.15) is 35.0 Å². The summed E-state index contributed by atoms with van der Waals surface area (Å²) in [4.78, 5) is 23.8. The summed E-state index contributed by atoms with van der Waals surface area (Å²) in [5.41, 5.74) is 1.86. The van der Waals surface area contributed by atoms with Crippen molar-refractivity contribution in [1.82, 2.24) is 0 Å². The number of thiophene rings is 1. The van der Waals surface area contributed by atoms with Gasteiger partial charge >= 0.3 is 5.97 Å². The van der Waals surface area contributed by atoms with Gasteiger partial charge in [0.25, 0.3) is 5.91 Å². The number of carbonyl (C=O) groups is 2. The molecule has 0 radical (unpaired) electrons. The third kappa shape index (κ3) is 4.58. The lowest BCUT2D eigenvalue weighted by atomic mass is 10.0. The second-order valence-electron chi connectivity index (χ2n) is 5.00. The highest BCUT2D eigenvalue weighted by Crippen LogP contribution is 2.22. The summed E-state index contributed by atoms with van der Waals surface area (Å²) in [6.07, 6.45) is 0. The summed E-state index contributed by atoms with van der Waals surface area (Å²) in [5.74, 6) is -0.501. The summed E-state index contributed by atoms with van der Waals surface area (Å²) < 4.78 is 5.44. The molecule has 6 heteroatoms. The van der Waals surface area contributed by atoms with Gasteiger partial charge < -0.3 is 10.1 Å². The molecule has 1 aromatic heterocycles. The third-order valence-electron chi connectivity index (χ3n) is 2.97. The lowest BCUT2D eigenvalue weighted by Crippen LogP contribution is -2.20. The number of anilines is 1. The van der Waals surface area contributed by atoms with E-state index in [0.717, 1.165) is 11.3 Å². The van der Waals surface area contributed by atoms with E-state index in [-0.39, 0.29) is 12.5 Å². The standard InChI is InChI=1S/C16H16ClNO3S/c1-10(2)11-3-5-12(6-4-11)18-15(19)9-21-16(20)13-7-8-14(17)22-13/h3-8,10H,9H2,1-2H3,(H,18,19). The lowest BCUT2D eigenvalue weighted by Gasteiger charge is -2.08. The summed E-state index contributed by atoms with van der Waals surface area (Å²) in [6, 6.07) is 10.7. The quantitative estimate of drug-likeness (QED) is 0.826. The largest absolute Gasteiger partial charge is 0.451 e. The van der Waals surface area contributed by atoms with Crippen LogP contribution in [0.15, 0.2) is 36.4 Å². The van der Waals surface area contributed by atoms with Crippen LogP contribution < -0.4 is 5.32 Å². The van der Waals surface area contributed by atoms with Crippen molar-refractivity contribution in [3.63, 3.8) is 0 Å². The summed E-state index contributed by atoms with van der Waals surface area (Å²) in [6.45, 7) is 3.87. The highest BCUT2D eigenvalue weighted by atomic mass is 35.5. The number of nitrogens with one attached hydrogen (secondary N) is 1. The lowest BCUT2D eigenvalue weighted by molar-refractivity contribution is -0.119. The molecular formula is C16H16ClNO3S. The Bertz CT molecular complexity index is 664. The topological polar surface area (TPSA) is 55.4 Å². The van der Waals surface area contributed by atoms with Crippen LogP contribution in [-0.2, 0) is 9.53 Å². The molecule has 0 bridgehead atoms. The highest BCUT2D eigenvalue weighted by molar-refractivity contribution is 7.17. The molecule has 0 aliphatic carbocycles. The van der Waals surface area contributed by atoms with E-state index in [1.165, 1.54) is 5.56 Å². The first-order valence-corrected chi connectivity index (χ1v) is 7.97. The van der Waals surface area contributed by atoms with E-state index in [1.54, 1.807) is 12.1 Å². The molecule has 0 spiro atoms. The molecular weight excluding hydrogens is 322 g/mol. The van der Waals surface area contributed by atoms with Crippen molar-refractivity contribution in [1.29, 1.82) is 0 Å². The van der Waals surface area contributed by atoms with Crippen molar-refractivity contribution in [3.05, 3.63) is 51.2 Å². The summed E-state index contributed by atoms with van der Waals surface area (Å²) in [5, 5.41) is 2.68. The van der Waals surface area contributed by atoms with Crippen LogP contribution >= 0.6 is 22.9 Å². The average molecular weight is 338 g/mol. The molecule has 2 aromatic rings. The average Bonchev–Trinajstić information content (AvgIpc) is 2.92. The SMILES string of the molecule is CC(C)c1ccc(NC(=O)COC(=O)c2ccc(Cl)s2)cc1. The van der Waals surface area contributed by atoms with Crippen LogP contribution in [0.2, 0.25) is 4.34 Å². The van der Waals surface area contributed by atoms with Crippen LogP contribution in [0.4, 0.5) is 5.69 Å². The summed E-state index contributed by atoms with van der Waals surface area (Å²) >= 11 is 6.86. The minimum absolute atomic E-state index is 0.333. The number of hydrogen-bond donors (Lipinski definition) is 1. The molecule has 1 aromatic carbocycles. The molecule has 1 amide bonds. The van der Waals surface area contributed by atoms with E-state index < -0.39 is 5.97 Å². The first-order chi connectivity index (χ1) is 10.5. The van der Waals surface area contributed by atoms with E-state index in [1.807, 2.05) is 24.3 Å². The second kappa shape index (κ2) is 7.42. The monoisotopic (exact) mass is 337 g/mol. The van der Waals surface area contributed by atoms with Crippen LogP contribution in [0, 0.1) is 0 Å². The summed E-state index contributed by atoms with van der Waals surface area (Å²) in [7, 11) is 0. The van der Waals surface area contributed by atoms with Gasteiger partial charge in [-0.15, -0.1) is 11.3 Å².